The fraction of sp³-hybridized carbons (Fsp3) is 0.462. The summed E-state index contributed by atoms with van der Waals surface area (Å²) >= 11 is 0. The Morgan fingerprint density at radius 1 is 1.47 bits per heavy atom. The number of methoxy groups -OCH3 is 2. The van der Waals surface area contributed by atoms with E-state index >= 15 is 0 Å². The number of hydrogen-bond donors (Lipinski definition) is 1. The highest BCUT2D eigenvalue weighted by Crippen LogP contribution is 2.55. The van der Waals surface area contributed by atoms with Crippen LogP contribution in [0.2, 0.25) is 0 Å². The second-order valence-corrected chi connectivity index (χ2v) is 4.64. The van der Waals surface area contributed by atoms with Crippen LogP contribution in [0.1, 0.15) is 23.5 Å². The number of benzene rings is 1. The van der Waals surface area contributed by atoms with Crippen LogP contribution in [0, 0.1) is 0 Å². The average molecular weight is 233 g/mol. The zero-order valence-electron chi connectivity index (χ0n) is 9.95. The van der Waals surface area contributed by atoms with E-state index in [1.54, 1.807) is 7.11 Å². The number of rotatable bonds is 2. The normalized spacial score (nSPS) is 28.9. The van der Waals surface area contributed by atoms with Gasteiger partial charge in [-0.15, -0.1) is 0 Å². The van der Waals surface area contributed by atoms with Gasteiger partial charge in [0.2, 0.25) is 0 Å². The molecule has 1 aromatic rings. The summed E-state index contributed by atoms with van der Waals surface area (Å²) in [4.78, 5) is 11.8. The Bertz CT molecular complexity index is 486. The molecule has 2 atom stereocenters. The van der Waals surface area contributed by atoms with E-state index in [0.29, 0.717) is 6.54 Å². The van der Waals surface area contributed by atoms with Crippen LogP contribution in [0.5, 0.6) is 5.75 Å². The standard InChI is InChI=1S/C13H15NO3/c1-16-9-3-4-10-8(5-9)7-14-13(6-11(10)13)12(15)17-2/h3-5,11,14H,6-7H2,1-2H3/t11-,13-/m1/s1. The molecule has 1 N–H and O–H groups in total. The minimum atomic E-state index is -0.462. The van der Waals surface area contributed by atoms with Crippen LogP contribution in [0.3, 0.4) is 0 Å². The molecule has 1 aromatic carbocycles. The van der Waals surface area contributed by atoms with E-state index in [2.05, 4.69) is 11.4 Å². The van der Waals surface area contributed by atoms with Crippen molar-refractivity contribution in [3.05, 3.63) is 29.3 Å². The van der Waals surface area contributed by atoms with E-state index < -0.39 is 5.54 Å². The van der Waals surface area contributed by atoms with Crippen molar-refractivity contribution >= 4 is 5.97 Å². The van der Waals surface area contributed by atoms with Crippen LogP contribution < -0.4 is 10.1 Å². The zero-order valence-corrected chi connectivity index (χ0v) is 9.95. The summed E-state index contributed by atoms with van der Waals surface area (Å²) in [5.41, 5.74) is 2.00. The third-order valence-corrected chi connectivity index (χ3v) is 3.83. The maximum absolute atomic E-state index is 11.8. The number of nitrogens with one attached hydrogen (secondary N) is 1. The zero-order chi connectivity index (χ0) is 12.0. The van der Waals surface area contributed by atoms with Gasteiger partial charge in [-0.2, -0.15) is 0 Å². The van der Waals surface area contributed by atoms with Gasteiger partial charge in [-0.05, 0) is 29.7 Å². The third-order valence-electron chi connectivity index (χ3n) is 3.83. The minimum Gasteiger partial charge on any atom is -0.497 e. The van der Waals surface area contributed by atoms with Crippen molar-refractivity contribution in [1.29, 1.82) is 0 Å². The van der Waals surface area contributed by atoms with Gasteiger partial charge in [-0.25, -0.2) is 0 Å². The van der Waals surface area contributed by atoms with Gasteiger partial charge in [0.15, 0.2) is 0 Å². The highest BCUT2D eigenvalue weighted by Gasteiger charge is 2.63. The molecule has 17 heavy (non-hydrogen) atoms. The molecule has 0 saturated heterocycles. The van der Waals surface area contributed by atoms with E-state index in [9.17, 15) is 4.79 Å². The molecule has 0 bridgehead atoms. The topological polar surface area (TPSA) is 47.6 Å². The average Bonchev–Trinajstić information content (AvgIpc) is 3.13. The quantitative estimate of drug-likeness (QED) is 0.780. The van der Waals surface area contributed by atoms with Crippen molar-refractivity contribution in [2.75, 3.05) is 14.2 Å². The highest BCUT2D eigenvalue weighted by molar-refractivity contribution is 5.87. The molecule has 4 heteroatoms. The van der Waals surface area contributed by atoms with E-state index in [4.69, 9.17) is 9.47 Å². The molecule has 1 heterocycles. The maximum atomic E-state index is 11.8. The monoisotopic (exact) mass is 233 g/mol. The molecule has 0 aromatic heterocycles. The van der Waals surface area contributed by atoms with Crippen molar-refractivity contribution in [3.63, 3.8) is 0 Å². The second kappa shape index (κ2) is 3.47. The number of ether oxygens (including phenoxy) is 2. The first-order valence-corrected chi connectivity index (χ1v) is 5.71. The summed E-state index contributed by atoms with van der Waals surface area (Å²) in [5, 5.41) is 3.30. The molecule has 1 saturated carbocycles. The minimum absolute atomic E-state index is 0.149. The van der Waals surface area contributed by atoms with Gasteiger partial charge in [0.25, 0.3) is 0 Å². The summed E-state index contributed by atoms with van der Waals surface area (Å²) in [5.74, 6) is 0.963. The Balaban J connectivity index is 1.95. The van der Waals surface area contributed by atoms with Crippen LogP contribution >= 0.6 is 0 Å². The summed E-state index contributed by atoms with van der Waals surface area (Å²) in [6.45, 7) is 0.693. The molecule has 0 amide bonds. The largest absolute Gasteiger partial charge is 0.497 e. The Morgan fingerprint density at radius 2 is 2.29 bits per heavy atom. The lowest BCUT2D eigenvalue weighted by molar-refractivity contribution is -0.144. The molecule has 4 nitrogen and oxygen atoms in total. The van der Waals surface area contributed by atoms with E-state index in [1.807, 2.05) is 12.1 Å². The fourth-order valence-corrected chi connectivity index (χ4v) is 2.77. The molecule has 1 aliphatic carbocycles. The Morgan fingerprint density at radius 3 is 3.00 bits per heavy atom. The number of carbonyl (C=O) groups excluding carboxylic acids is 1. The summed E-state index contributed by atoms with van der Waals surface area (Å²) in [7, 11) is 3.10. The van der Waals surface area contributed by atoms with E-state index in [1.165, 1.54) is 18.2 Å². The van der Waals surface area contributed by atoms with E-state index in [0.717, 1.165) is 12.2 Å². The van der Waals surface area contributed by atoms with Gasteiger partial charge in [0, 0.05) is 12.5 Å². The first-order valence-electron chi connectivity index (χ1n) is 5.71. The smallest absolute Gasteiger partial charge is 0.326 e. The number of carbonyl (C=O) groups is 1. The van der Waals surface area contributed by atoms with Crippen LogP contribution in [0.15, 0.2) is 18.2 Å². The van der Waals surface area contributed by atoms with Crippen LogP contribution in [-0.2, 0) is 16.1 Å². The molecular formula is C13H15NO3. The van der Waals surface area contributed by atoms with E-state index in [-0.39, 0.29) is 11.9 Å². The SMILES string of the molecule is COC(=O)[C@@]12C[C@@H]1c1ccc(OC)cc1CN2. The first kappa shape index (κ1) is 10.6. The molecule has 1 fully saturated rings. The molecular weight excluding hydrogens is 218 g/mol. The lowest BCUT2D eigenvalue weighted by atomic mass is 9.95. The molecule has 90 valence electrons. The van der Waals surface area contributed by atoms with Crippen LogP contribution in [0.25, 0.3) is 0 Å². The summed E-state index contributed by atoms with van der Waals surface area (Å²) in [6, 6.07) is 6.04. The van der Waals surface area contributed by atoms with Gasteiger partial charge in [0.1, 0.15) is 11.3 Å². The molecule has 2 aliphatic rings. The van der Waals surface area contributed by atoms with Crippen molar-refractivity contribution in [2.45, 2.75) is 24.4 Å². The van der Waals surface area contributed by atoms with Crippen molar-refractivity contribution in [3.8, 4) is 5.75 Å². The van der Waals surface area contributed by atoms with Crippen molar-refractivity contribution < 1.29 is 14.3 Å². The third kappa shape index (κ3) is 1.37. The summed E-state index contributed by atoms with van der Waals surface area (Å²) in [6.07, 6.45) is 0.832. The Hall–Kier alpha value is -1.55. The van der Waals surface area contributed by atoms with Gasteiger partial charge in [0.05, 0.1) is 14.2 Å². The van der Waals surface area contributed by atoms with Crippen LogP contribution in [-0.4, -0.2) is 25.7 Å². The maximum Gasteiger partial charge on any atom is 0.326 e. The second-order valence-electron chi connectivity index (χ2n) is 4.64. The molecule has 0 radical (unpaired) electrons. The van der Waals surface area contributed by atoms with Gasteiger partial charge in [-0.1, -0.05) is 6.07 Å². The van der Waals surface area contributed by atoms with Crippen LogP contribution in [0.4, 0.5) is 0 Å². The predicted molar refractivity (Wildman–Crippen MR) is 61.9 cm³/mol. The lowest BCUT2D eigenvalue weighted by Gasteiger charge is -2.24. The fourth-order valence-electron chi connectivity index (χ4n) is 2.77. The highest BCUT2D eigenvalue weighted by atomic mass is 16.5. The van der Waals surface area contributed by atoms with Crippen molar-refractivity contribution in [2.24, 2.45) is 0 Å². The lowest BCUT2D eigenvalue weighted by Crippen LogP contribution is -2.43. The summed E-state index contributed by atoms with van der Waals surface area (Å²) < 4.78 is 10.1. The Kier molecular flexibility index (Phi) is 2.16. The molecule has 1 aliphatic heterocycles. The van der Waals surface area contributed by atoms with Gasteiger partial charge in [-0.3, -0.25) is 10.1 Å². The van der Waals surface area contributed by atoms with Gasteiger partial charge >= 0.3 is 5.97 Å². The number of hydrogen-bond acceptors (Lipinski definition) is 4. The molecule has 3 rings (SSSR count). The first-order chi connectivity index (χ1) is 8.21. The number of fused-ring (bicyclic) bond motifs is 3. The number of esters is 1. The predicted octanol–water partition coefficient (Wildman–Crippen LogP) is 1.20. The van der Waals surface area contributed by atoms with Gasteiger partial charge < -0.3 is 9.47 Å². The molecule has 0 spiro atoms. The Labute approximate surface area is 99.9 Å². The van der Waals surface area contributed by atoms with Crippen molar-refractivity contribution in [1.82, 2.24) is 5.32 Å². The molecule has 0 unspecified atom stereocenters.